The lowest BCUT2D eigenvalue weighted by Crippen LogP contribution is -2.30. The zero-order valence-electron chi connectivity index (χ0n) is 37.6. The molecule has 0 saturated heterocycles. The summed E-state index contributed by atoms with van der Waals surface area (Å²) >= 11 is 0. The Kier molecular flexibility index (Phi) is 40.8. The van der Waals surface area contributed by atoms with E-state index in [4.69, 9.17) is 14.2 Å². The summed E-state index contributed by atoms with van der Waals surface area (Å²) in [6, 6.07) is 0. The van der Waals surface area contributed by atoms with E-state index < -0.39 is 6.10 Å². The van der Waals surface area contributed by atoms with Crippen LogP contribution in [0.5, 0.6) is 0 Å². The van der Waals surface area contributed by atoms with Crippen LogP contribution in [0.25, 0.3) is 0 Å². The van der Waals surface area contributed by atoms with Crippen LogP contribution in [0.1, 0.15) is 266 Å². The van der Waals surface area contributed by atoms with E-state index in [1.807, 2.05) is 0 Å². The average molecular weight is 779 g/mol. The van der Waals surface area contributed by atoms with Gasteiger partial charge in [-0.25, -0.2) is 0 Å². The summed E-state index contributed by atoms with van der Waals surface area (Å²) in [5.74, 6) is 0.839. The van der Waals surface area contributed by atoms with Crippen molar-refractivity contribution in [1.82, 2.24) is 0 Å². The van der Waals surface area contributed by atoms with Crippen molar-refractivity contribution in [3.63, 3.8) is 0 Å². The van der Waals surface area contributed by atoms with Gasteiger partial charge in [0.05, 0.1) is 0 Å². The first kappa shape index (κ1) is 53.4. The first-order valence-corrected chi connectivity index (χ1v) is 24.3. The van der Waals surface area contributed by atoms with Crippen molar-refractivity contribution < 1.29 is 28.6 Å². The summed E-state index contributed by atoms with van der Waals surface area (Å²) in [4.78, 5) is 37.8. The Labute approximate surface area is 342 Å². The van der Waals surface area contributed by atoms with Crippen molar-refractivity contribution in [2.24, 2.45) is 11.8 Å². The summed E-state index contributed by atoms with van der Waals surface area (Å²) in [6.45, 7) is 11.4. The molecule has 0 N–H and O–H groups in total. The molecule has 0 aromatic carbocycles. The fourth-order valence-electron chi connectivity index (χ4n) is 7.25. The molecule has 0 fully saturated rings. The average Bonchev–Trinajstić information content (AvgIpc) is 3.17. The van der Waals surface area contributed by atoms with Gasteiger partial charge in [0.2, 0.25) is 0 Å². The van der Waals surface area contributed by atoms with Gasteiger partial charge in [-0.3, -0.25) is 14.4 Å². The molecule has 0 aliphatic heterocycles. The van der Waals surface area contributed by atoms with Crippen molar-refractivity contribution >= 4 is 17.9 Å². The van der Waals surface area contributed by atoms with Gasteiger partial charge < -0.3 is 14.2 Å². The van der Waals surface area contributed by atoms with Gasteiger partial charge in [0, 0.05) is 19.3 Å². The third kappa shape index (κ3) is 41.9. The van der Waals surface area contributed by atoms with E-state index in [-0.39, 0.29) is 31.1 Å². The third-order valence-electron chi connectivity index (χ3n) is 11.3. The minimum absolute atomic E-state index is 0.0645. The maximum absolute atomic E-state index is 12.7. The van der Waals surface area contributed by atoms with E-state index in [9.17, 15) is 14.4 Å². The molecule has 0 heterocycles. The van der Waals surface area contributed by atoms with Gasteiger partial charge >= 0.3 is 17.9 Å². The van der Waals surface area contributed by atoms with Crippen LogP contribution in [0.2, 0.25) is 0 Å². The van der Waals surface area contributed by atoms with Crippen LogP contribution in [0.15, 0.2) is 0 Å². The summed E-state index contributed by atoms with van der Waals surface area (Å²) in [6.07, 6.45) is 40.8. The van der Waals surface area contributed by atoms with Crippen LogP contribution in [0.4, 0.5) is 0 Å². The summed E-state index contributed by atoms with van der Waals surface area (Å²) < 4.78 is 16.7. The van der Waals surface area contributed by atoms with Crippen molar-refractivity contribution in [3.05, 3.63) is 0 Å². The van der Waals surface area contributed by atoms with Gasteiger partial charge in [-0.1, -0.05) is 227 Å². The van der Waals surface area contributed by atoms with Gasteiger partial charge in [-0.2, -0.15) is 0 Å². The molecular weight excluding hydrogens is 685 g/mol. The van der Waals surface area contributed by atoms with Crippen LogP contribution in [0, 0.1) is 11.8 Å². The molecule has 326 valence electrons. The maximum Gasteiger partial charge on any atom is 0.306 e. The normalized spacial score (nSPS) is 12.5. The van der Waals surface area contributed by atoms with E-state index in [2.05, 4.69) is 34.6 Å². The van der Waals surface area contributed by atoms with Gasteiger partial charge in [0.1, 0.15) is 13.2 Å². The molecule has 0 aliphatic carbocycles. The van der Waals surface area contributed by atoms with E-state index in [1.54, 1.807) is 0 Å². The first-order valence-electron chi connectivity index (χ1n) is 24.3. The number of rotatable bonds is 43. The number of hydrogen-bond acceptors (Lipinski definition) is 6. The lowest BCUT2D eigenvalue weighted by Gasteiger charge is -2.18. The Hall–Kier alpha value is -1.59. The highest BCUT2D eigenvalue weighted by Crippen LogP contribution is 2.17. The molecule has 55 heavy (non-hydrogen) atoms. The number of ether oxygens (including phenoxy) is 3. The van der Waals surface area contributed by atoms with E-state index in [0.717, 1.165) is 69.6 Å². The Bertz CT molecular complexity index is 841. The fourth-order valence-corrected chi connectivity index (χ4v) is 7.25. The lowest BCUT2D eigenvalue weighted by molar-refractivity contribution is -0.167. The summed E-state index contributed by atoms with van der Waals surface area (Å²) in [7, 11) is 0. The second-order valence-corrected chi connectivity index (χ2v) is 17.5. The number of carbonyl (C=O) groups is 3. The van der Waals surface area contributed by atoms with Crippen LogP contribution in [-0.2, 0) is 28.6 Å². The highest BCUT2D eigenvalue weighted by Gasteiger charge is 2.19. The van der Waals surface area contributed by atoms with Gasteiger partial charge in [0.15, 0.2) is 6.10 Å². The molecule has 2 atom stereocenters. The molecule has 0 radical (unpaired) electrons. The van der Waals surface area contributed by atoms with Crippen LogP contribution < -0.4 is 0 Å². The van der Waals surface area contributed by atoms with Crippen molar-refractivity contribution in [2.75, 3.05) is 13.2 Å². The Morgan fingerprint density at radius 3 is 1.04 bits per heavy atom. The van der Waals surface area contributed by atoms with Crippen LogP contribution >= 0.6 is 0 Å². The molecule has 0 spiro atoms. The highest BCUT2D eigenvalue weighted by molar-refractivity contribution is 5.71. The second kappa shape index (κ2) is 42.0. The highest BCUT2D eigenvalue weighted by atomic mass is 16.6. The molecule has 6 heteroatoms. The quantitative estimate of drug-likeness (QED) is 0.0348. The van der Waals surface area contributed by atoms with Crippen molar-refractivity contribution in [1.29, 1.82) is 0 Å². The molecule has 0 amide bonds. The predicted molar refractivity (Wildman–Crippen MR) is 233 cm³/mol. The fraction of sp³-hybridized carbons (Fsp3) is 0.939. The molecule has 0 aromatic rings. The van der Waals surface area contributed by atoms with E-state index in [0.29, 0.717) is 19.3 Å². The standard InChI is InChI=1S/C49H94O6/c1-6-8-9-10-11-17-24-29-34-39-47(50)53-42-46(55-49(52)41-36-31-26-21-16-15-19-23-28-33-38-45(5)7-2)43-54-48(51)40-35-30-25-20-14-12-13-18-22-27-32-37-44(3)4/h44-46H,6-43H2,1-5H3/t45?,46-/m1/s1. The van der Waals surface area contributed by atoms with Gasteiger partial charge in [-0.05, 0) is 31.1 Å². The Balaban J connectivity index is 4.31. The number of hydrogen-bond donors (Lipinski definition) is 0. The molecule has 0 aliphatic rings. The van der Waals surface area contributed by atoms with Gasteiger partial charge in [-0.15, -0.1) is 0 Å². The maximum atomic E-state index is 12.7. The summed E-state index contributed by atoms with van der Waals surface area (Å²) in [5, 5.41) is 0. The van der Waals surface area contributed by atoms with Gasteiger partial charge in [0.25, 0.3) is 0 Å². The minimum Gasteiger partial charge on any atom is -0.462 e. The first-order chi connectivity index (χ1) is 26.8. The van der Waals surface area contributed by atoms with Crippen LogP contribution in [-0.4, -0.2) is 37.2 Å². The molecule has 6 nitrogen and oxygen atoms in total. The van der Waals surface area contributed by atoms with Crippen molar-refractivity contribution in [2.45, 2.75) is 272 Å². The SMILES string of the molecule is CCCCCCCCCCCC(=O)OC[C@H](COC(=O)CCCCCCCCCCCCCC(C)C)OC(=O)CCCCCCCCCCCCC(C)CC. The zero-order valence-corrected chi connectivity index (χ0v) is 37.6. The molecule has 0 rings (SSSR count). The molecule has 0 saturated carbocycles. The number of unbranched alkanes of at least 4 members (excludes halogenated alkanes) is 27. The summed E-state index contributed by atoms with van der Waals surface area (Å²) in [5.41, 5.74) is 0. The minimum atomic E-state index is -0.760. The van der Waals surface area contributed by atoms with E-state index in [1.165, 1.54) is 154 Å². The monoisotopic (exact) mass is 779 g/mol. The number of esters is 3. The molecule has 1 unspecified atom stereocenters. The lowest BCUT2D eigenvalue weighted by atomic mass is 9.99. The Morgan fingerprint density at radius 1 is 0.382 bits per heavy atom. The molecule has 0 aromatic heterocycles. The van der Waals surface area contributed by atoms with Crippen LogP contribution in [0.3, 0.4) is 0 Å². The topological polar surface area (TPSA) is 78.9 Å². The third-order valence-corrected chi connectivity index (χ3v) is 11.3. The molecule has 0 bridgehead atoms. The van der Waals surface area contributed by atoms with E-state index >= 15 is 0 Å². The smallest absolute Gasteiger partial charge is 0.306 e. The Morgan fingerprint density at radius 2 is 0.691 bits per heavy atom. The van der Waals surface area contributed by atoms with Crippen molar-refractivity contribution in [3.8, 4) is 0 Å². The zero-order chi connectivity index (χ0) is 40.5. The predicted octanol–water partition coefficient (Wildman–Crippen LogP) is 15.4. The largest absolute Gasteiger partial charge is 0.462 e. The molecular formula is C49H94O6. The number of carbonyl (C=O) groups excluding carboxylic acids is 3. The second-order valence-electron chi connectivity index (χ2n) is 17.5.